The maximum absolute atomic E-state index is 5.39. The number of hydrogen-bond donors (Lipinski definition) is 1. The van der Waals surface area contributed by atoms with Crippen LogP contribution in [-0.4, -0.2) is 33.4 Å². The Hall–Kier alpha value is -2.25. The summed E-state index contributed by atoms with van der Waals surface area (Å²) in [4.78, 5) is 8.94. The first-order valence-electron chi connectivity index (χ1n) is 8.17. The molecule has 0 saturated heterocycles. The summed E-state index contributed by atoms with van der Waals surface area (Å²) in [5.74, 6) is 2.97. The van der Waals surface area contributed by atoms with Crippen molar-refractivity contribution in [3.63, 3.8) is 0 Å². The van der Waals surface area contributed by atoms with E-state index in [1.807, 2.05) is 31.3 Å². The van der Waals surface area contributed by atoms with E-state index in [4.69, 9.17) is 9.05 Å². The van der Waals surface area contributed by atoms with Crippen molar-refractivity contribution in [2.75, 3.05) is 7.05 Å². The lowest BCUT2D eigenvalue weighted by atomic mass is 10.1. The lowest BCUT2D eigenvalue weighted by molar-refractivity contribution is 0.380. The molecule has 2 heterocycles. The lowest BCUT2D eigenvalue weighted by Crippen LogP contribution is -2.24. The van der Waals surface area contributed by atoms with E-state index in [0.29, 0.717) is 29.5 Å². The van der Waals surface area contributed by atoms with Gasteiger partial charge in [0, 0.05) is 29.5 Å². The Kier molecular flexibility index (Phi) is 5.15. The highest BCUT2D eigenvalue weighted by molar-refractivity contribution is 5.85. The predicted octanol–water partition coefficient (Wildman–Crippen LogP) is 3.24. The van der Waals surface area contributed by atoms with E-state index in [0.717, 1.165) is 36.3 Å². The molecule has 0 spiro atoms. The molecule has 3 aromatic rings. The number of nitrogens with zero attached hydrogens (tertiary/aromatic N) is 4. The third-order valence-corrected chi connectivity index (χ3v) is 4.19. The second kappa shape index (κ2) is 7.33. The zero-order valence-corrected chi connectivity index (χ0v) is 14.9. The van der Waals surface area contributed by atoms with E-state index in [1.165, 1.54) is 0 Å². The van der Waals surface area contributed by atoms with Crippen molar-refractivity contribution in [1.29, 1.82) is 0 Å². The van der Waals surface area contributed by atoms with Gasteiger partial charge in [0.2, 0.25) is 11.7 Å². The Morgan fingerprint density at radius 3 is 2.72 bits per heavy atom. The van der Waals surface area contributed by atoms with Crippen molar-refractivity contribution in [3.05, 3.63) is 36.0 Å². The van der Waals surface area contributed by atoms with Crippen LogP contribution >= 0.6 is 12.4 Å². The van der Waals surface area contributed by atoms with Crippen LogP contribution in [0.15, 0.2) is 33.3 Å². The number of halogens is 1. The molecule has 1 aliphatic carbocycles. The fraction of sp³-hybridized carbons (Fsp3) is 0.412. The van der Waals surface area contributed by atoms with Crippen LogP contribution < -0.4 is 5.32 Å². The molecule has 1 saturated carbocycles. The number of likely N-dealkylation sites (N-methyl/N-ethyl adjacent to an activating group) is 1. The number of aromatic nitrogens is 4. The van der Waals surface area contributed by atoms with Crippen molar-refractivity contribution >= 4 is 12.4 Å². The first-order valence-corrected chi connectivity index (χ1v) is 8.17. The summed E-state index contributed by atoms with van der Waals surface area (Å²) in [6.45, 7) is 2.07. The normalized spacial score (nSPS) is 15.0. The fourth-order valence-corrected chi connectivity index (χ4v) is 2.47. The molecule has 7 nitrogen and oxygen atoms in total. The van der Waals surface area contributed by atoms with Gasteiger partial charge in [0.15, 0.2) is 5.82 Å². The van der Waals surface area contributed by atoms with E-state index >= 15 is 0 Å². The van der Waals surface area contributed by atoms with Crippen LogP contribution in [0.1, 0.15) is 37.4 Å². The molecule has 1 fully saturated rings. The Balaban J connectivity index is 0.00000182. The van der Waals surface area contributed by atoms with Crippen molar-refractivity contribution in [2.24, 2.45) is 0 Å². The molecule has 0 bridgehead atoms. The smallest absolute Gasteiger partial charge is 0.257 e. The van der Waals surface area contributed by atoms with Gasteiger partial charge < -0.3 is 14.4 Å². The molecule has 1 unspecified atom stereocenters. The molecular weight excluding hydrogens is 342 g/mol. The minimum Gasteiger partial charge on any atom is -0.339 e. The molecule has 25 heavy (non-hydrogen) atoms. The van der Waals surface area contributed by atoms with Gasteiger partial charge in [0.1, 0.15) is 0 Å². The zero-order valence-electron chi connectivity index (χ0n) is 14.1. The molecular formula is C17H20ClN5O2. The first-order chi connectivity index (χ1) is 11.7. The quantitative estimate of drug-likeness (QED) is 0.720. The van der Waals surface area contributed by atoms with E-state index in [1.54, 1.807) is 0 Å². The third-order valence-electron chi connectivity index (χ3n) is 4.19. The van der Waals surface area contributed by atoms with Crippen LogP contribution in [0.3, 0.4) is 0 Å². The molecule has 1 atom stereocenters. The average molecular weight is 362 g/mol. The van der Waals surface area contributed by atoms with Crippen LogP contribution in [0.4, 0.5) is 0 Å². The Morgan fingerprint density at radius 1 is 1.16 bits per heavy atom. The van der Waals surface area contributed by atoms with Gasteiger partial charge in [-0.25, -0.2) is 0 Å². The van der Waals surface area contributed by atoms with Crippen molar-refractivity contribution in [1.82, 2.24) is 25.6 Å². The molecule has 2 aromatic heterocycles. The summed E-state index contributed by atoms with van der Waals surface area (Å²) in [6.07, 6.45) is 2.99. The van der Waals surface area contributed by atoms with Crippen LogP contribution in [0.25, 0.3) is 22.8 Å². The number of hydrogen-bond acceptors (Lipinski definition) is 7. The molecule has 132 valence electrons. The summed E-state index contributed by atoms with van der Waals surface area (Å²) < 4.78 is 10.7. The average Bonchev–Trinajstić information content (AvgIpc) is 3.16. The molecule has 4 rings (SSSR count). The third kappa shape index (κ3) is 3.88. The molecule has 0 amide bonds. The number of rotatable bonds is 6. The molecule has 0 radical (unpaired) electrons. The van der Waals surface area contributed by atoms with Gasteiger partial charge in [0.25, 0.3) is 5.89 Å². The van der Waals surface area contributed by atoms with Crippen LogP contribution in [0.5, 0.6) is 0 Å². The number of nitrogens with one attached hydrogen (secondary N) is 1. The lowest BCUT2D eigenvalue weighted by Gasteiger charge is -2.04. The minimum atomic E-state index is 0. The first kappa shape index (κ1) is 17.6. The molecule has 1 aromatic carbocycles. The van der Waals surface area contributed by atoms with Gasteiger partial charge in [-0.05, 0) is 38.9 Å². The highest BCUT2D eigenvalue weighted by Crippen LogP contribution is 2.39. The maximum Gasteiger partial charge on any atom is 0.257 e. The Morgan fingerprint density at radius 2 is 1.96 bits per heavy atom. The van der Waals surface area contributed by atoms with Crippen LogP contribution in [0.2, 0.25) is 0 Å². The summed E-state index contributed by atoms with van der Waals surface area (Å²) >= 11 is 0. The number of benzene rings is 1. The van der Waals surface area contributed by atoms with E-state index < -0.39 is 0 Å². The van der Waals surface area contributed by atoms with Crippen LogP contribution in [-0.2, 0) is 6.42 Å². The van der Waals surface area contributed by atoms with Gasteiger partial charge in [-0.1, -0.05) is 22.4 Å². The SMILES string of the molecule is CNC(C)Cc1noc(-c2cccc(-c3noc(C4CC4)n3)c2)n1.Cl. The second-order valence-electron chi connectivity index (χ2n) is 6.22. The monoisotopic (exact) mass is 361 g/mol. The summed E-state index contributed by atoms with van der Waals surface area (Å²) in [7, 11) is 1.91. The predicted molar refractivity (Wildman–Crippen MR) is 94.5 cm³/mol. The largest absolute Gasteiger partial charge is 0.339 e. The zero-order chi connectivity index (χ0) is 16.5. The summed E-state index contributed by atoms with van der Waals surface area (Å²) in [5.41, 5.74) is 1.73. The topological polar surface area (TPSA) is 89.9 Å². The van der Waals surface area contributed by atoms with Gasteiger partial charge in [-0.2, -0.15) is 9.97 Å². The van der Waals surface area contributed by atoms with Crippen LogP contribution in [0, 0.1) is 0 Å². The van der Waals surface area contributed by atoms with Gasteiger partial charge in [-0.3, -0.25) is 0 Å². The molecule has 1 N–H and O–H groups in total. The summed E-state index contributed by atoms with van der Waals surface area (Å²) in [6, 6.07) is 8.05. The second-order valence-corrected chi connectivity index (χ2v) is 6.22. The van der Waals surface area contributed by atoms with Gasteiger partial charge in [-0.15, -0.1) is 12.4 Å². The van der Waals surface area contributed by atoms with Crippen molar-refractivity contribution < 1.29 is 9.05 Å². The highest BCUT2D eigenvalue weighted by Gasteiger charge is 2.29. The van der Waals surface area contributed by atoms with E-state index in [-0.39, 0.29) is 12.4 Å². The molecule has 1 aliphatic rings. The molecule has 8 heteroatoms. The maximum atomic E-state index is 5.39. The standard InChI is InChI=1S/C17H19N5O2.ClH/c1-10(18-2)8-14-19-17(23-21-14)13-5-3-4-12(9-13)15-20-16(24-22-15)11-6-7-11;/h3-5,9-11,18H,6-8H2,1-2H3;1H. The summed E-state index contributed by atoms with van der Waals surface area (Å²) in [5, 5.41) is 11.3. The van der Waals surface area contributed by atoms with Gasteiger partial charge >= 0.3 is 0 Å². The van der Waals surface area contributed by atoms with E-state index in [9.17, 15) is 0 Å². The fourth-order valence-electron chi connectivity index (χ4n) is 2.47. The minimum absolute atomic E-state index is 0. The van der Waals surface area contributed by atoms with Crippen molar-refractivity contribution in [3.8, 4) is 22.8 Å². The Bertz CT molecular complexity index is 843. The Labute approximate surface area is 151 Å². The van der Waals surface area contributed by atoms with Crippen molar-refractivity contribution in [2.45, 2.75) is 38.1 Å². The van der Waals surface area contributed by atoms with E-state index in [2.05, 4.69) is 32.5 Å². The highest BCUT2D eigenvalue weighted by atomic mass is 35.5. The molecule has 0 aliphatic heterocycles. The van der Waals surface area contributed by atoms with Gasteiger partial charge in [0.05, 0.1) is 0 Å².